The fourth-order valence-electron chi connectivity index (χ4n) is 3.87. The minimum absolute atomic E-state index is 0.00186. The van der Waals surface area contributed by atoms with E-state index in [0.717, 1.165) is 6.42 Å². The van der Waals surface area contributed by atoms with Crippen LogP contribution in [0, 0.1) is 17.8 Å². The van der Waals surface area contributed by atoms with E-state index in [0.29, 0.717) is 5.56 Å². The zero-order valence-electron chi connectivity index (χ0n) is 24.1. The van der Waals surface area contributed by atoms with Crippen molar-refractivity contribution in [3.63, 3.8) is 0 Å². The lowest BCUT2D eigenvalue weighted by molar-refractivity contribution is -0.155. The fourth-order valence-corrected chi connectivity index (χ4v) is 3.87. The van der Waals surface area contributed by atoms with Crippen LogP contribution in [0.15, 0.2) is 18.2 Å². The first-order chi connectivity index (χ1) is 17.7. The van der Waals surface area contributed by atoms with Crippen LogP contribution in [0.4, 0.5) is 0 Å². The van der Waals surface area contributed by atoms with Gasteiger partial charge in [-0.1, -0.05) is 54.0 Å². The molecule has 1 aromatic carbocycles. The smallest absolute Gasteiger partial charge is 0.326 e. The van der Waals surface area contributed by atoms with Gasteiger partial charge in [-0.15, -0.1) is 0 Å². The van der Waals surface area contributed by atoms with Crippen LogP contribution in [0.1, 0.15) is 86.1 Å². The molecule has 0 heterocycles. The Morgan fingerprint density at radius 2 is 1.39 bits per heavy atom. The Hall–Kier alpha value is -2.94. The molecule has 0 saturated carbocycles. The molecular weight excluding hydrogens is 490 g/mol. The molecule has 2 unspecified atom stereocenters. The molecule has 0 aliphatic carbocycles. The summed E-state index contributed by atoms with van der Waals surface area (Å²) in [5.74, 6) is -1.46. The summed E-state index contributed by atoms with van der Waals surface area (Å²) in [6.07, 6.45) is 0.865. The highest BCUT2D eigenvalue weighted by molar-refractivity contribution is 5.81. The number of benzene rings is 1. The van der Waals surface area contributed by atoms with Crippen LogP contribution < -0.4 is 15.2 Å². The van der Waals surface area contributed by atoms with E-state index in [-0.39, 0.29) is 67.3 Å². The maximum absolute atomic E-state index is 12.7. The molecule has 1 rings (SSSR count). The highest BCUT2D eigenvalue weighted by Gasteiger charge is 2.38. The second-order valence-corrected chi connectivity index (χ2v) is 11.0. The van der Waals surface area contributed by atoms with Crippen molar-refractivity contribution in [2.24, 2.45) is 23.5 Å². The average Bonchev–Trinajstić information content (AvgIpc) is 2.78. The molecule has 38 heavy (non-hydrogen) atoms. The van der Waals surface area contributed by atoms with Gasteiger partial charge in [-0.2, -0.15) is 0 Å². The van der Waals surface area contributed by atoms with Crippen LogP contribution >= 0.6 is 0 Å². The second kappa shape index (κ2) is 15.5. The molecule has 0 fully saturated rings. The van der Waals surface area contributed by atoms with E-state index in [4.69, 9.17) is 24.7 Å². The number of hydrogen-bond donors (Lipinski definition) is 1. The first kappa shape index (κ1) is 33.1. The molecule has 0 saturated heterocycles. The number of carbonyl (C=O) groups is 4. The van der Waals surface area contributed by atoms with Gasteiger partial charge in [-0.25, -0.2) is 0 Å². The van der Waals surface area contributed by atoms with Crippen molar-refractivity contribution < 1.29 is 38.1 Å². The van der Waals surface area contributed by atoms with E-state index < -0.39 is 29.6 Å². The SMILES string of the molecule is CCC(C)CC(=O)OC(C)C[C@@](N)(Cc1ccc(OC(=O)CC(C)C)c(OC(=O)CC(C)C)c1)C(=O)OC. The third-order valence-electron chi connectivity index (χ3n) is 5.91. The molecule has 9 heteroatoms. The average molecular weight is 536 g/mol. The van der Waals surface area contributed by atoms with Crippen molar-refractivity contribution in [1.82, 2.24) is 0 Å². The van der Waals surface area contributed by atoms with E-state index in [1.54, 1.807) is 13.0 Å². The largest absolute Gasteiger partial charge is 0.468 e. The van der Waals surface area contributed by atoms with Crippen molar-refractivity contribution in [3.05, 3.63) is 23.8 Å². The molecule has 3 atom stereocenters. The summed E-state index contributed by atoms with van der Waals surface area (Å²) in [6.45, 7) is 13.2. The summed E-state index contributed by atoms with van der Waals surface area (Å²) in [4.78, 5) is 49.7. The Kier molecular flexibility index (Phi) is 13.5. The second-order valence-electron chi connectivity index (χ2n) is 11.0. The van der Waals surface area contributed by atoms with Gasteiger partial charge in [-0.3, -0.25) is 19.2 Å². The van der Waals surface area contributed by atoms with E-state index >= 15 is 0 Å². The molecule has 0 aliphatic heterocycles. The number of esters is 4. The summed E-state index contributed by atoms with van der Waals surface area (Å²) < 4.78 is 21.5. The summed E-state index contributed by atoms with van der Waals surface area (Å²) >= 11 is 0. The minimum Gasteiger partial charge on any atom is -0.468 e. The first-order valence-electron chi connectivity index (χ1n) is 13.3. The molecule has 0 radical (unpaired) electrons. The normalized spacial score (nSPS) is 14.4. The Balaban J connectivity index is 3.21. The maximum atomic E-state index is 12.7. The number of rotatable bonds is 15. The van der Waals surface area contributed by atoms with Gasteiger partial charge in [0.25, 0.3) is 0 Å². The Labute approximate surface area is 226 Å². The zero-order chi connectivity index (χ0) is 29.0. The predicted molar refractivity (Wildman–Crippen MR) is 144 cm³/mol. The van der Waals surface area contributed by atoms with E-state index in [1.807, 2.05) is 41.5 Å². The van der Waals surface area contributed by atoms with Gasteiger partial charge < -0.3 is 24.7 Å². The van der Waals surface area contributed by atoms with Gasteiger partial charge in [0.2, 0.25) is 0 Å². The summed E-state index contributed by atoms with van der Waals surface area (Å²) in [6, 6.07) is 4.68. The lowest BCUT2D eigenvalue weighted by Gasteiger charge is -2.29. The molecule has 0 amide bonds. The molecule has 2 N–H and O–H groups in total. The van der Waals surface area contributed by atoms with Crippen molar-refractivity contribution >= 4 is 23.9 Å². The first-order valence-corrected chi connectivity index (χ1v) is 13.3. The zero-order valence-corrected chi connectivity index (χ0v) is 24.1. The third kappa shape index (κ3) is 11.6. The van der Waals surface area contributed by atoms with Crippen LogP contribution in [0.5, 0.6) is 11.5 Å². The lowest BCUT2D eigenvalue weighted by Crippen LogP contribution is -2.53. The van der Waals surface area contributed by atoms with E-state index in [1.165, 1.54) is 19.2 Å². The van der Waals surface area contributed by atoms with Crippen LogP contribution in [-0.2, 0) is 35.1 Å². The van der Waals surface area contributed by atoms with Crippen LogP contribution in [-0.4, -0.2) is 42.6 Å². The molecule has 214 valence electrons. The van der Waals surface area contributed by atoms with E-state index in [9.17, 15) is 19.2 Å². The maximum Gasteiger partial charge on any atom is 0.326 e. The molecular formula is C29H45NO8. The molecule has 9 nitrogen and oxygen atoms in total. The van der Waals surface area contributed by atoms with Crippen molar-refractivity contribution in [3.8, 4) is 11.5 Å². The molecule has 0 aromatic heterocycles. The summed E-state index contributed by atoms with van der Waals surface area (Å²) in [5, 5.41) is 0. The Morgan fingerprint density at radius 1 is 0.842 bits per heavy atom. The van der Waals surface area contributed by atoms with Crippen LogP contribution in [0.25, 0.3) is 0 Å². The third-order valence-corrected chi connectivity index (χ3v) is 5.91. The standard InChI is InChI=1S/C29H45NO8/c1-9-20(6)14-27(33)36-21(7)16-29(30,28(34)35-8)17-22-10-11-23(37-25(31)12-18(2)3)24(15-22)38-26(32)13-19(4)5/h10-11,15,18-21H,9,12-14,16-17,30H2,1-8H3/t20?,21?,29-/m1/s1. The van der Waals surface area contributed by atoms with Gasteiger partial charge in [0.15, 0.2) is 11.5 Å². The predicted octanol–water partition coefficient (Wildman–Crippen LogP) is 4.76. The number of methoxy groups -OCH3 is 1. The highest BCUT2D eigenvalue weighted by atomic mass is 16.6. The lowest BCUT2D eigenvalue weighted by atomic mass is 9.86. The summed E-state index contributed by atoms with van der Waals surface area (Å²) in [7, 11) is 1.24. The Morgan fingerprint density at radius 3 is 1.89 bits per heavy atom. The monoisotopic (exact) mass is 535 g/mol. The van der Waals surface area contributed by atoms with Crippen molar-refractivity contribution in [2.45, 2.75) is 98.6 Å². The molecule has 0 bridgehead atoms. The van der Waals surface area contributed by atoms with Crippen LogP contribution in [0.3, 0.4) is 0 Å². The quantitative estimate of drug-likeness (QED) is 0.249. The summed E-state index contributed by atoms with van der Waals surface area (Å²) in [5.41, 5.74) is 5.54. The number of ether oxygens (including phenoxy) is 4. The van der Waals surface area contributed by atoms with Crippen LogP contribution in [0.2, 0.25) is 0 Å². The van der Waals surface area contributed by atoms with Crippen molar-refractivity contribution in [1.29, 1.82) is 0 Å². The van der Waals surface area contributed by atoms with Crippen molar-refractivity contribution in [2.75, 3.05) is 7.11 Å². The van der Waals surface area contributed by atoms with Gasteiger partial charge in [-0.05, 0) is 42.4 Å². The highest BCUT2D eigenvalue weighted by Crippen LogP contribution is 2.32. The molecule has 1 aromatic rings. The van der Waals surface area contributed by atoms with Gasteiger partial charge in [0.1, 0.15) is 11.6 Å². The van der Waals surface area contributed by atoms with Gasteiger partial charge in [0.05, 0.1) is 7.11 Å². The number of hydrogen-bond acceptors (Lipinski definition) is 9. The van der Waals surface area contributed by atoms with Gasteiger partial charge in [0, 0.05) is 32.1 Å². The van der Waals surface area contributed by atoms with Gasteiger partial charge >= 0.3 is 23.9 Å². The minimum atomic E-state index is -1.53. The molecule has 0 spiro atoms. The molecule has 0 aliphatic rings. The topological polar surface area (TPSA) is 131 Å². The number of nitrogens with two attached hydrogens (primary N) is 1. The Bertz CT molecular complexity index is 958. The number of carbonyl (C=O) groups excluding carboxylic acids is 4. The fraction of sp³-hybridized carbons (Fsp3) is 0.655. The van der Waals surface area contributed by atoms with E-state index in [2.05, 4.69) is 0 Å².